The van der Waals surface area contributed by atoms with E-state index in [4.69, 9.17) is 57.7 Å². The molecular weight excluding hydrogens is 1530 g/mol. The van der Waals surface area contributed by atoms with Crippen molar-refractivity contribution < 1.29 is 84.6 Å². The van der Waals surface area contributed by atoms with E-state index < -0.39 is 101 Å². The van der Waals surface area contributed by atoms with Gasteiger partial charge in [0.15, 0.2) is 32.5 Å². The van der Waals surface area contributed by atoms with Gasteiger partial charge in [-0.1, -0.05) is 57.3 Å². The summed E-state index contributed by atoms with van der Waals surface area (Å²) < 4.78 is 102. The number of amidine groups is 3. The van der Waals surface area contributed by atoms with E-state index in [0.29, 0.717) is 70.8 Å². The minimum Gasteiger partial charge on any atom is -0.481 e. The summed E-state index contributed by atoms with van der Waals surface area (Å²) in [5, 5.41) is 43.4. The van der Waals surface area contributed by atoms with Crippen LogP contribution < -0.4 is 16.0 Å². The lowest BCUT2D eigenvalue weighted by molar-refractivity contribution is -0.145. The zero-order chi connectivity index (χ0) is 74.1. The van der Waals surface area contributed by atoms with E-state index in [-0.39, 0.29) is 118 Å². The zero-order valence-electron chi connectivity index (χ0n) is 54.9. The summed E-state index contributed by atoms with van der Waals surface area (Å²) >= 11 is 20.1. The highest BCUT2D eigenvalue weighted by atomic mass is 79.9. The number of carbonyl (C=O) groups excluding carboxylic acids is 3. The smallest absolute Gasteiger partial charge is 0.338 e. The third-order valence-corrected chi connectivity index (χ3v) is 20.1. The molecule has 3 saturated heterocycles. The Morgan fingerprint density at radius 1 is 0.515 bits per heavy atom. The topological polar surface area (TPSA) is 312 Å². The molecule has 0 saturated carbocycles. The Morgan fingerprint density at radius 2 is 0.835 bits per heavy atom. The SMILES string of the molecule is CCOC(=O)C1=C(CN2CC(F)(CC(=O)O)C2)NC(c2nccs2)=NC1c1ccc(F)cc1Br.CCOC(=O)C1=C(CN2CC(F)(CC(=O)O)C2)NC(c2nccs2)=NC1c1ccc(F)cc1Cl.CCOC(=O)C1=C(CN2CC(F)(CCC(=O)O)C2)NC(c2nccs2)=NC1c1ccc(F)cc1Cl. The summed E-state index contributed by atoms with van der Waals surface area (Å²) in [4.78, 5) is 104. The molecule has 3 aromatic heterocycles. The number of alkyl halides is 3. The first-order valence-electron chi connectivity index (χ1n) is 31.8. The van der Waals surface area contributed by atoms with E-state index in [1.807, 2.05) is 0 Å². The molecule has 0 spiro atoms. The summed E-state index contributed by atoms with van der Waals surface area (Å²) in [7, 11) is 0. The number of hydrogen-bond acceptors (Lipinski definition) is 24. The molecule has 0 aliphatic carbocycles. The number of likely N-dealkylation sites (tertiary alicyclic amines) is 3. The highest BCUT2D eigenvalue weighted by molar-refractivity contribution is 9.10. The van der Waals surface area contributed by atoms with Gasteiger partial charge in [-0.05, 0) is 69.2 Å². The van der Waals surface area contributed by atoms with Crippen molar-refractivity contribution in [2.24, 2.45) is 15.0 Å². The van der Waals surface area contributed by atoms with Gasteiger partial charge < -0.3 is 45.5 Å². The molecule has 6 aliphatic rings. The zero-order valence-corrected chi connectivity index (χ0v) is 60.4. The number of ether oxygens (including phenoxy) is 3. The second-order valence-corrected chi connectivity index (χ2v) is 28.6. The first-order chi connectivity index (χ1) is 49.1. The van der Waals surface area contributed by atoms with Crippen molar-refractivity contribution >= 4 is 126 Å². The quantitative estimate of drug-likeness (QED) is 0.0176. The molecule has 9 heterocycles. The van der Waals surface area contributed by atoms with Crippen LogP contribution in [0.2, 0.25) is 10.0 Å². The van der Waals surface area contributed by atoms with Gasteiger partial charge in [0.2, 0.25) is 0 Å². The van der Waals surface area contributed by atoms with Crippen LogP contribution in [0.3, 0.4) is 0 Å². The van der Waals surface area contributed by atoms with E-state index >= 15 is 0 Å². The standard InChI is InChI=1S/C23H23ClF2N4O4S.C22H21BrF2N4O4S.C22H21ClF2N4O4S/c1-2-34-22(33)18-16(10-30-11-23(26,12-30)6-5-17(31)32)28-20(21-27-7-8-35-21)29-19(18)14-4-3-13(25)9-15(14)24;2*1-2-33-21(32)17-15(9-29-10-22(25,11-29)8-16(30)31)27-19(20-26-5-6-34-20)28-18(17)13-4-3-12(24)7-14(13)23/h3-4,7-9,19H,2,5-6,10-12H2,1H3,(H,28,29)(H,31,32);2*3-7,18H,2,8-11H2,1H3,(H,27,28)(H,30,31). The van der Waals surface area contributed by atoms with Crippen LogP contribution in [0.5, 0.6) is 0 Å². The van der Waals surface area contributed by atoms with Crippen molar-refractivity contribution in [3.8, 4) is 0 Å². The Morgan fingerprint density at radius 3 is 1.13 bits per heavy atom. The molecule has 3 unspecified atom stereocenters. The highest BCUT2D eigenvalue weighted by Gasteiger charge is 2.49. The fourth-order valence-electron chi connectivity index (χ4n) is 12.2. The van der Waals surface area contributed by atoms with Gasteiger partial charge in [0.25, 0.3) is 0 Å². The average Bonchev–Trinajstić information content (AvgIpc) is 1.34. The van der Waals surface area contributed by atoms with E-state index in [0.717, 1.165) is 12.1 Å². The maximum atomic E-state index is 14.9. The molecule has 36 heteroatoms. The van der Waals surface area contributed by atoms with Gasteiger partial charge in [0.05, 0.1) is 49.4 Å². The monoisotopic (exact) mass is 1590 g/mol. The largest absolute Gasteiger partial charge is 0.481 e. The van der Waals surface area contributed by atoms with Crippen LogP contribution in [0.4, 0.5) is 26.3 Å². The lowest BCUT2D eigenvalue weighted by atomic mass is 9.89. The van der Waals surface area contributed by atoms with Crippen molar-refractivity contribution in [3.63, 3.8) is 0 Å². The summed E-state index contributed by atoms with van der Waals surface area (Å²) in [6.07, 6.45) is 3.31. The van der Waals surface area contributed by atoms with E-state index in [2.05, 4.69) is 56.8 Å². The fourth-order valence-corrected chi connectivity index (χ4v) is 15.1. The van der Waals surface area contributed by atoms with Gasteiger partial charge in [-0.25, -0.2) is 55.7 Å². The molecule has 24 nitrogen and oxygen atoms in total. The van der Waals surface area contributed by atoms with Crippen LogP contribution in [-0.2, 0) is 43.0 Å². The van der Waals surface area contributed by atoms with Crippen molar-refractivity contribution in [3.05, 3.63) is 187 Å². The lowest BCUT2D eigenvalue weighted by Gasteiger charge is -2.45. The Hall–Kier alpha value is -8.48. The third-order valence-electron chi connectivity index (χ3n) is 16.5. The second kappa shape index (κ2) is 33.5. The molecule has 0 bridgehead atoms. The Kier molecular flexibility index (Phi) is 25.1. The van der Waals surface area contributed by atoms with Crippen molar-refractivity contribution in [2.75, 3.05) is 78.7 Å². The minimum absolute atomic E-state index is 0.0211. The lowest BCUT2D eigenvalue weighted by Crippen LogP contribution is -2.60. The van der Waals surface area contributed by atoms with Gasteiger partial charge >= 0.3 is 35.8 Å². The molecule has 0 amide bonds. The third kappa shape index (κ3) is 19.1. The summed E-state index contributed by atoms with van der Waals surface area (Å²) in [5.41, 5.74) is -2.07. The van der Waals surface area contributed by atoms with Gasteiger partial charge in [-0.3, -0.25) is 44.1 Å². The van der Waals surface area contributed by atoms with Gasteiger partial charge in [-0.15, -0.1) is 34.0 Å². The minimum atomic E-state index is -1.84. The van der Waals surface area contributed by atoms with E-state index in [9.17, 15) is 55.1 Å². The van der Waals surface area contributed by atoms with Crippen molar-refractivity contribution in [2.45, 2.75) is 81.6 Å². The number of nitrogens with zero attached hydrogens (tertiary/aromatic N) is 9. The summed E-state index contributed by atoms with van der Waals surface area (Å²) in [6, 6.07) is 9.12. The van der Waals surface area contributed by atoms with Crippen LogP contribution in [0, 0.1) is 17.5 Å². The molecule has 546 valence electrons. The van der Waals surface area contributed by atoms with Gasteiger partial charge in [-0.2, -0.15) is 0 Å². The maximum absolute atomic E-state index is 14.9. The van der Waals surface area contributed by atoms with Crippen molar-refractivity contribution in [1.29, 1.82) is 0 Å². The number of benzene rings is 3. The molecule has 3 aromatic carbocycles. The van der Waals surface area contributed by atoms with Crippen LogP contribution in [0.15, 0.2) is 143 Å². The van der Waals surface area contributed by atoms with Crippen LogP contribution in [0.1, 0.15) is 96.3 Å². The number of carboxylic acid groups (broad SMARTS) is 3. The van der Waals surface area contributed by atoms with Gasteiger partial charge in [0, 0.05) is 143 Å². The number of esters is 3. The molecule has 103 heavy (non-hydrogen) atoms. The van der Waals surface area contributed by atoms with Gasteiger partial charge in [0.1, 0.15) is 52.6 Å². The number of aliphatic carboxylic acids is 3. The number of thiazole rings is 3. The van der Waals surface area contributed by atoms with Crippen molar-refractivity contribution in [1.82, 2.24) is 45.6 Å². The first-order valence-corrected chi connectivity index (χ1v) is 35.9. The van der Waals surface area contributed by atoms with E-state index in [1.54, 1.807) is 70.2 Å². The number of halogens is 9. The molecule has 0 radical (unpaired) electrons. The summed E-state index contributed by atoms with van der Waals surface area (Å²) in [6.45, 7) is 5.44. The maximum Gasteiger partial charge on any atom is 0.338 e. The van der Waals surface area contributed by atoms with Crippen LogP contribution >= 0.6 is 73.1 Å². The number of carboxylic acids is 3. The predicted molar refractivity (Wildman–Crippen MR) is 374 cm³/mol. The van der Waals surface area contributed by atoms with Crippen LogP contribution in [-0.4, -0.2) is 194 Å². The molecular formula is C67H65BrCl2F6N12O12S3. The molecule has 6 aromatic rings. The Labute approximate surface area is 615 Å². The second-order valence-electron chi connectivity index (χ2n) is 24.3. The van der Waals surface area contributed by atoms with Crippen LogP contribution in [0.25, 0.3) is 0 Å². The summed E-state index contributed by atoms with van der Waals surface area (Å²) in [5.74, 6) is -5.67. The molecule has 3 atom stereocenters. The highest BCUT2D eigenvalue weighted by Crippen LogP contribution is 2.43. The number of aromatic nitrogens is 3. The molecule has 3 fully saturated rings. The molecule has 12 rings (SSSR count). The number of hydrogen-bond donors (Lipinski definition) is 6. The Balaban J connectivity index is 0.000000166. The average molecular weight is 1590 g/mol. The number of carbonyl (C=O) groups is 6. The number of nitrogens with one attached hydrogen (secondary N) is 3. The van der Waals surface area contributed by atoms with E-state index in [1.165, 1.54) is 76.5 Å². The fraction of sp³-hybridized carbons (Fsp3) is 0.373. The predicted octanol–water partition coefficient (Wildman–Crippen LogP) is 10.5. The number of rotatable bonds is 25. The molecule has 6 aliphatic heterocycles. The Bertz CT molecular complexity index is 4200. The molecule has 6 N–H and O–H groups in total. The number of aliphatic imine (C=N–C) groups is 3. The first kappa shape index (κ1) is 77.1. The normalized spacial score (nSPS) is 19.7.